The van der Waals surface area contributed by atoms with E-state index < -0.39 is 42.0 Å². The van der Waals surface area contributed by atoms with E-state index in [0.29, 0.717) is 0 Å². The van der Waals surface area contributed by atoms with Crippen molar-refractivity contribution in [2.75, 3.05) is 7.11 Å². The highest BCUT2D eigenvalue weighted by atomic mass is 16.9. The number of esters is 2. The maximum atomic E-state index is 11.6. The van der Waals surface area contributed by atoms with Gasteiger partial charge in [0, 0.05) is 14.0 Å². The molecule has 0 aromatic rings. The zero-order valence-electron chi connectivity index (χ0n) is 9.82. The predicted molar refractivity (Wildman–Crippen MR) is 58.6 cm³/mol. The van der Waals surface area contributed by atoms with Crippen molar-refractivity contribution in [2.24, 2.45) is 11.8 Å². The molecule has 0 aliphatic carbocycles. The standard InChI is InChI=1S/C11H12O7.CH4/c1-11(14-2)17-7-5-3-4(10(13)16-9(3)12)6(15-5)8(7)18-11;/h3-8H,1-2H3;1H4/t3?,4?,5-,6?,7+,8?,11?;/m0./s1. The molecule has 0 amide bonds. The van der Waals surface area contributed by atoms with Crippen molar-refractivity contribution >= 4 is 11.9 Å². The zero-order valence-corrected chi connectivity index (χ0v) is 9.82. The fourth-order valence-electron chi connectivity index (χ4n) is 3.38. The Morgan fingerprint density at radius 2 is 1.47 bits per heavy atom. The van der Waals surface area contributed by atoms with Crippen LogP contribution in [-0.4, -0.2) is 49.4 Å². The molecule has 0 N–H and O–H groups in total. The van der Waals surface area contributed by atoms with Gasteiger partial charge in [0.2, 0.25) is 0 Å². The van der Waals surface area contributed by atoms with Gasteiger partial charge in [-0.3, -0.25) is 9.59 Å². The van der Waals surface area contributed by atoms with E-state index >= 15 is 0 Å². The second kappa shape index (κ2) is 3.76. The van der Waals surface area contributed by atoms with Crippen LogP contribution in [0.4, 0.5) is 0 Å². The number of rotatable bonds is 1. The lowest BCUT2D eigenvalue weighted by Gasteiger charge is -2.23. The Balaban J connectivity index is 0.00000110. The van der Waals surface area contributed by atoms with Gasteiger partial charge in [0.05, 0.1) is 0 Å². The number of carbonyl (C=O) groups is 2. The van der Waals surface area contributed by atoms with Crippen LogP contribution in [0, 0.1) is 11.8 Å². The summed E-state index contributed by atoms with van der Waals surface area (Å²) >= 11 is 0. The Kier molecular flexibility index (Phi) is 2.57. The number of ether oxygens (including phenoxy) is 5. The maximum Gasteiger partial charge on any atom is 0.320 e. The minimum Gasteiger partial charge on any atom is -0.393 e. The maximum absolute atomic E-state index is 11.6. The van der Waals surface area contributed by atoms with E-state index in [-0.39, 0.29) is 19.6 Å². The average molecular weight is 272 g/mol. The second-order valence-electron chi connectivity index (χ2n) is 5.09. The molecule has 4 fully saturated rings. The first-order valence-corrected chi connectivity index (χ1v) is 5.86. The highest BCUT2D eigenvalue weighted by Gasteiger charge is 2.73. The summed E-state index contributed by atoms with van der Waals surface area (Å²) in [6, 6.07) is 0. The summed E-state index contributed by atoms with van der Waals surface area (Å²) in [5, 5.41) is 0. The van der Waals surface area contributed by atoms with E-state index in [9.17, 15) is 9.59 Å². The fourth-order valence-corrected chi connectivity index (χ4v) is 3.38. The third-order valence-electron chi connectivity index (χ3n) is 4.20. The monoisotopic (exact) mass is 272 g/mol. The molecule has 7 nitrogen and oxygen atoms in total. The quantitative estimate of drug-likeness (QED) is 0.484. The van der Waals surface area contributed by atoms with Gasteiger partial charge in [0.15, 0.2) is 0 Å². The van der Waals surface area contributed by atoms with Gasteiger partial charge in [-0.05, 0) is 0 Å². The highest BCUT2D eigenvalue weighted by Crippen LogP contribution is 2.53. The summed E-state index contributed by atoms with van der Waals surface area (Å²) in [7, 11) is 1.48. The van der Waals surface area contributed by atoms with Crippen LogP contribution in [-0.2, 0) is 33.3 Å². The van der Waals surface area contributed by atoms with Gasteiger partial charge in [-0.2, -0.15) is 0 Å². The summed E-state index contributed by atoms with van der Waals surface area (Å²) in [6.45, 7) is 1.65. The normalized spacial score (nSPS) is 53.8. The Bertz CT molecular complexity index is 413. The van der Waals surface area contributed by atoms with Crippen molar-refractivity contribution in [3.63, 3.8) is 0 Å². The molecule has 5 unspecified atom stereocenters. The molecule has 106 valence electrons. The number of methoxy groups -OCH3 is 1. The van der Waals surface area contributed by atoms with Gasteiger partial charge in [-0.1, -0.05) is 7.43 Å². The molecule has 0 saturated carbocycles. The van der Waals surface area contributed by atoms with Gasteiger partial charge < -0.3 is 23.7 Å². The number of hydrogen-bond donors (Lipinski definition) is 0. The molecule has 7 heteroatoms. The third-order valence-corrected chi connectivity index (χ3v) is 4.20. The van der Waals surface area contributed by atoms with Gasteiger partial charge in [0.1, 0.15) is 36.3 Å². The van der Waals surface area contributed by atoms with E-state index in [0.717, 1.165) is 0 Å². The summed E-state index contributed by atoms with van der Waals surface area (Å²) in [4.78, 5) is 23.2. The summed E-state index contributed by atoms with van der Waals surface area (Å²) in [6.07, 6.45) is -1.75. The van der Waals surface area contributed by atoms with E-state index in [1.807, 2.05) is 0 Å². The number of fused-ring (bicyclic) bond motifs is 8. The van der Waals surface area contributed by atoms with Gasteiger partial charge >= 0.3 is 11.9 Å². The molecule has 4 aliphatic heterocycles. The molecular weight excluding hydrogens is 256 g/mol. The largest absolute Gasteiger partial charge is 0.393 e. The van der Waals surface area contributed by atoms with Crippen molar-refractivity contribution < 1.29 is 33.3 Å². The van der Waals surface area contributed by atoms with E-state index in [1.54, 1.807) is 6.92 Å². The van der Waals surface area contributed by atoms with Crippen molar-refractivity contribution in [1.82, 2.24) is 0 Å². The summed E-state index contributed by atoms with van der Waals surface area (Å²) < 4.78 is 26.8. The minimum atomic E-state index is -1.14. The number of cyclic esters (lactones) is 2. The van der Waals surface area contributed by atoms with Crippen LogP contribution in [0.3, 0.4) is 0 Å². The van der Waals surface area contributed by atoms with Crippen molar-refractivity contribution in [3.8, 4) is 0 Å². The highest BCUT2D eigenvalue weighted by molar-refractivity contribution is 5.98. The van der Waals surface area contributed by atoms with Crippen molar-refractivity contribution in [1.29, 1.82) is 0 Å². The third kappa shape index (κ3) is 1.41. The van der Waals surface area contributed by atoms with Gasteiger partial charge in [-0.15, -0.1) is 0 Å². The molecule has 0 radical (unpaired) electrons. The average Bonchev–Trinajstić information content (AvgIpc) is 2.99. The lowest BCUT2D eigenvalue weighted by molar-refractivity contribution is -0.330. The van der Waals surface area contributed by atoms with Crippen LogP contribution in [0.2, 0.25) is 0 Å². The predicted octanol–water partition coefficient (Wildman–Crippen LogP) is -0.177. The lowest BCUT2D eigenvalue weighted by atomic mass is 9.78. The fraction of sp³-hybridized carbons (Fsp3) is 0.833. The first kappa shape index (κ1) is 13.0. The van der Waals surface area contributed by atoms with Gasteiger partial charge in [-0.25, -0.2) is 0 Å². The molecule has 0 aromatic carbocycles. The topological polar surface area (TPSA) is 80.3 Å². The van der Waals surface area contributed by atoms with E-state index in [2.05, 4.69) is 4.74 Å². The van der Waals surface area contributed by atoms with Crippen LogP contribution < -0.4 is 0 Å². The Hall–Kier alpha value is -1.02. The number of carbonyl (C=O) groups excluding carboxylic acids is 2. The van der Waals surface area contributed by atoms with Crippen LogP contribution in [0.1, 0.15) is 14.4 Å². The smallest absolute Gasteiger partial charge is 0.320 e. The minimum absolute atomic E-state index is 0. The molecular formula is C12H16O7. The van der Waals surface area contributed by atoms with Gasteiger partial charge in [0.25, 0.3) is 5.97 Å². The molecule has 4 heterocycles. The second-order valence-corrected chi connectivity index (χ2v) is 5.09. The molecule has 19 heavy (non-hydrogen) atoms. The van der Waals surface area contributed by atoms with Crippen LogP contribution in [0.15, 0.2) is 0 Å². The van der Waals surface area contributed by atoms with Crippen LogP contribution in [0.25, 0.3) is 0 Å². The Morgan fingerprint density at radius 1 is 1.00 bits per heavy atom. The van der Waals surface area contributed by atoms with Crippen LogP contribution in [0.5, 0.6) is 0 Å². The first-order valence-electron chi connectivity index (χ1n) is 5.86. The van der Waals surface area contributed by atoms with E-state index in [1.165, 1.54) is 7.11 Å². The molecule has 2 bridgehead atoms. The lowest BCUT2D eigenvalue weighted by Crippen LogP contribution is -2.46. The Morgan fingerprint density at radius 3 is 1.89 bits per heavy atom. The molecule has 4 saturated heterocycles. The zero-order chi connectivity index (χ0) is 12.7. The molecule has 0 spiro atoms. The molecule has 0 aromatic heterocycles. The molecule has 7 atom stereocenters. The van der Waals surface area contributed by atoms with Crippen molar-refractivity contribution in [3.05, 3.63) is 0 Å². The Labute approximate surface area is 110 Å². The molecule has 4 rings (SSSR count). The number of hydrogen-bond acceptors (Lipinski definition) is 7. The first-order chi connectivity index (χ1) is 8.54. The van der Waals surface area contributed by atoms with Crippen LogP contribution >= 0.6 is 0 Å². The van der Waals surface area contributed by atoms with Crippen molar-refractivity contribution in [2.45, 2.75) is 44.7 Å². The summed E-state index contributed by atoms with van der Waals surface area (Å²) in [5.41, 5.74) is 0. The SMILES string of the molecule is C.COC1(C)OC2C3O[C@@H](C4C(=O)OC(=O)C34)[C@H]2O1. The molecule has 4 aliphatic rings. The summed E-state index contributed by atoms with van der Waals surface area (Å²) in [5.74, 6) is -3.31. The van der Waals surface area contributed by atoms with E-state index in [4.69, 9.17) is 18.9 Å².